The molecule has 0 spiro atoms. The number of hydrogen-bond donors (Lipinski definition) is 1. The second kappa shape index (κ2) is 9.00. The molecule has 0 atom stereocenters. The summed E-state index contributed by atoms with van der Waals surface area (Å²) in [6.07, 6.45) is 0.826. The smallest absolute Gasteiger partial charge is 0.316 e. The highest BCUT2D eigenvalue weighted by molar-refractivity contribution is 5.98. The lowest BCUT2D eigenvalue weighted by Gasteiger charge is -2.19. The van der Waals surface area contributed by atoms with Crippen molar-refractivity contribution in [3.8, 4) is 11.5 Å². The van der Waals surface area contributed by atoms with Gasteiger partial charge in [-0.25, -0.2) is 0 Å². The molecule has 3 aromatic carbocycles. The molecule has 3 nitrogen and oxygen atoms in total. The van der Waals surface area contributed by atoms with Gasteiger partial charge in [-0.3, -0.25) is 4.79 Å². The van der Waals surface area contributed by atoms with Crippen LogP contribution in [-0.2, 0) is 4.79 Å². The number of carbonyl (C=O) groups excluding carboxylic acids is 1. The van der Waals surface area contributed by atoms with E-state index >= 15 is 0 Å². The molecule has 154 valence electrons. The molecule has 0 saturated heterocycles. The van der Waals surface area contributed by atoms with Crippen molar-refractivity contribution in [3.05, 3.63) is 95.6 Å². The second-order valence-corrected chi connectivity index (χ2v) is 8.29. The molecule has 3 rings (SSSR count). The standard InChI is InChI=1S/C27H28O3/c1-5-24(19-10-7-6-8-11-19)25(20-14-16-22(28)17-15-20)21-12-9-13-23(18-21)30-26(29)27(2,3)4/h6-18,28H,5H2,1-4H3/b25-24+. The molecule has 3 heteroatoms. The van der Waals surface area contributed by atoms with Gasteiger partial charge in [0.15, 0.2) is 0 Å². The zero-order chi connectivity index (χ0) is 21.7. The van der Waals surface area contributed by atoms with Crippen LogP contribution >= 0.6 is 0 Å². The van der Waals surface area contributed by atoms with Crippen molar-refractivity contribution in [2.45, 2.75) is 34.1 Å². The first kappa shape index (κ1) is 21.4. The first-order valence-corrected chi connectivity index (χ1v) is 10.2. The molecular weight excluding hydrogens is 372 g/mol. The highest BCUT2D eigenvalue weighted by Crippen LogP contribution is 2.36. The Kier molecular flexibility index (Phi) is 6.41. The number of phenols is 1. The SMILES string of the molecule is CC/C(=C(/c1ccc(O)cc1)c1cccc(OC(=O)C(C)(C)C)c1)c1ccccc1. The molecule has 0 saturated carbocycles. The summed E-state index contributed by atoms with van der Waals surface area (Å²) >= 11 is 0. The molecule has 0 radical (unpaired) electrons. The van der Waals surface area contributed by atoms with E-state index in [1.54, 1.807) is 18.2 Å². The van der Waals surface area contributed by atoms with Crippen LogP contribution in [0.3, 0.4) is 0 Å². The van der Waals surface area contributed by atoms with Gasteiger partial charge in [0.25, 0.3) is 0 Å². The predicted octanol–water partition coefficient (Wildman–Crippen LogP) is 6.71. The minimum Gasteiger partial charge on any atom is -0.508 e. The molecule has 0 aliphatic carbocycles. The minimum atomic E-state index is -0.579. The maximum Gasteiger partial charge on any atom is 0.316 e. The molecule has 0 aromatic heterocycles. The fourth-order valence-electron chi connectivity index (χ4n) is 3.28. The highest BCUT2D eigenvalue weighted by Gasteiger charge is 2.24. The predicted molar refractivity (Wildman–Crippen MR) is 122 cm³/mol. The van der Waals surface area contributed by atoms with Crippen molar-refractivity contribution < 1.29 is 14.6 Å². The molecule has 0 heterocycles. The fraction of sp³-hybridized carbons (Fsp3) is 0.222. The summed E-state index contributed by atoms with van der Waals surface area (Å²) in [5.41, 5.74) is 4.75. The molecule has 3 aromatic rings. The van der Waals surface area contributed by atoms with Gasteiger partial charge < -0.3 is 9.84 Å². The van der Waals surface area contributed by atoms with E-state index < -0.39 is 5.41 Å². The van der Waals surface area contributed by atoms with Gasteiger partial charge in [-0.05, 0) is 79.3 Å². The maximum atomic E-state index is 12.4. The summed E-state index contributed by atoms with van der Waals surface area (Å²) < 4.78 is 5.64. The van der Waals surface area contributed by atoms with Gasteiger partial charge >= 0.3 is 5.97 Å². The molecule has 0 fully saturated rings. The molecule has 1 N–H and O–H groups in total. The molecule has 0 aliphatic heterocycles. The number of carbonyl (C=O) groups is 1. The van der Waals surface area contributed by atoms with E-state index in [2.05, 4.69) is 19.1 Å². The van der Waals surface area contributed by atoms with Gasteiger partial charge in [0.2, 0.25) is 0 Å². The summed E-state index contributed by atoms with van der Waals surface area (Å²) in [4.78, 5) is 12.4. The third kappa shape index (κ3) is 4.98. The summed E-state index contributed by atoms with van der Waals surface area (Å²) in [6.45, 7) is 7.65. The van der Waals surface area contributed by atoms with Crippen LogP contribution in [0.1, 0.15) is 50.8 Å². The largest absolute Gasteiger partial charge is 0.508 e. The quantitative estimate of drug-likeness (QED) is 0.294. The van der Waals surface area contributed by atoms with E-state index in [-0.39, 0.29) is 11.7 Å². The van der Waals surface area contributed by atoms with E-state index in [4.69, 9.17) is 4.74 Å². The van der Waals surface area contributed by atoms with E-state index in [1.165, 1.54) is 5.57 Å². The van der Waals surface area contributed by atoms with Crippen LogP contribution < -0.4 is 4.74 Å². The minimum absolute atomic E-state index is 0.226. The van der Waals surface area contributed by atoms with Crippen LogP contribution in [0, 0.1) is 5.41 Å². The number of phenolic OH excluding ortho intramolecular Hbond substituents is 1. The topological polar surface area (TPSA) is 46.5 Å². The molecule has 0 aliphatic rings. The van der Waals surface area contributed by atoms with Crippen molar-refractivity contribution in [1.29, 1.82) is 0 Å². The number of esters is 1. The van der Waals surface area contributed by atoms with Gasteiger partial charge in [-0.1, -0.05) is 61.5 Å². The third-order valence-electron chi connectivity index (χ3n) is 4.88. The summed E-state index contributed by atoms with van der Waals surface area (Å²) in [5.74, 6) is 0.476. The van der Waals surface area contributed by atoms with Gasteiger partial charge in [0.05, 0.1) is 5.41 Å². The Morgan fingerprint density at radius 2 is 1.47 bits per heavy atom. The summed E-state index contributed by atoms with van der Waals surface area (Å²) in [5, 5.41) is 9.77. The Morgan fingerprint density at radius 3 is 2.07 bits per heavy atom. The lowest BCUT2D eigenvalue weighted by molar-refractivity contribution is -0.142. The Hall–Kier alpha value is -3.33. The van der Waals surface area contributed by atoms with Crippen molar-refractivity contribution in [2.75, 3.05) is 0 Å². The Labute approximate surface area is 178 Å². The summed E-state index contributed by atoms with van der Waals surface area (Å²) in [6, 6.07) is 25.1. The highest BCUT2D eigenvalue weighted by atomic mass is 16.5. The van der Waals surface area contributed by atoms with Crippen molar-refractivity contribution >= 4 is 17.1 Å². The lowest BCUT2D eigenvalue weighted by atomic mass is 9.88. The van der Waals surface area contributed by atoms with Gasteiger partial charge in [0, 0.05) is 0 Å². The molecule has 30 heavy (non-hydrogen) atoms. The lowest BCUT2D eigenvalue weighted by Crippen LogP contribution is -2.25. The van der Waals surface area contributed by atoms with Gasteiger partial charge in [-0.15, -0.1) is 0 Å². The van der Waals surface area contributed by atoms with Crippen LogP contribution in [0.25, 0.3) is 11.1 Å². The molecule has 0 amide bonds. The number of aromatic hydroxyl groups is 1. The first-order valence-electron chi connectivity index (χ1n) is 10.2. The van der Waals surface area contributed by atoms with E-state index in [1.807, 2.05) is 69.3 Å². The summed E-state index contributed by atoms with van der Waals surface area (Å²) in [7, 11) is 0. The Bertz CT molecular complexity index is 1040. The van der Waals surface area contributed by atoms with Crippen molar-refractivity contribution in [2.24, 2.45) is 5.41 Å². The van der Waals surface area contributed by atoms with Crippen molar-refractivity contribution in [3.63, 3.8) is 0 Å². The van der Waals surface area contributed by atoms with Crippen LogP contribution in [0.15, 0.2) is 78.9 Å². The average molecular weight is 401 g/mol. The zero-order valence-corrected chi connectivity index (χ0v) is 18.0. The third-order valence-corrected chi connectivity index (χ3v) is 4.88. The van der Waals surface area contributed by atoms with Crippen LogP contribution in [0.4, 0.5) is 0 Å². The second-order valence-electron chi connectivity index (χ2n) is 8.29. The van der Waals surface area contributed by atoms with E-state index in [0.717, 1.165) is 28.7 Å². The average Bonchev–Trinajstić information content (AvgIpc) is 2.73. The molecular formula is C27H28O3. The molecule has 0 bridgehead atoms. The Morgan fingerprint density at radius 1 is 0.833 bits per heavy atom. The number of benzene rings is 3. The Balaban J connectivity index is 2.16. The van der Waals surface area contributed by atoms with Crippen molar-refractivity contribution in [1.82, 2.24) is 0 Å². The normalized spacial score (nSPS) is 12.3. The number of ether oxygens (including phenoxy) is 1. The number of hydrogen-bond acceptors (Lipinski definition) is 3. The van der Waals surface area contributed by atoms with E-state index in [0.29, 0.717) is 5.75 Å². The van der Waals surface area contributed by atoms with Gasteiger partial charge in [0.1, 0.15) is 11.5 Å². The number of allylic oxidation sites excluding steroid dienone is 1. The monoisotopic (exact) mass is 400 g/mol. The zero-order valence-electron chi connectivity index (χ0n) is 18.0. The molecule has 0 unspecified atom stereocenters. The van der Waals surface area contributed by atoms with Crippen LogP contribution in [0.2, 0.25) is 0 Å². The van der Waals surface area contributed by atoms with Gasteiger partial charge in [-0.2, -0.15) is 0 Å². The number of rotatable bonds is 5. The van der Waals surface area contributed by atoms with Crippen LogP contribution in [-0.4, -0.2) is 11.1 Å². The first-order chi connectivity index (χ1) is 14.3. The maximum absolute atomic E-state index is 12.4. The van der Waals surface area contributed by atoms with E-state index in [9.17, 15) is 9.90 Å². The fourth-order valence-corrected chi connectivity index (χ4v) is 3.28. The van der Waals surface area contributed by atoms with Crippen LogP contribution in [0.5, 0.6) is 11.5 Å².